The molecule has 0 spiro atoms. The van der Waals surface area contributed by atoms with Crippen LogP contribution in [0.3, 0.4) is 0 Å². The van der Waals surface area contributed by atoms with Crippen LogP contribution in [-0.4, -0.2) is 28.0 Å². The molecule has 0 radical (unpaired) electrons. The summed E-state index contributed by atoms with van der Waals surface area (Å²) in [6.07, 6.45) is 1.53. The van der Waals surface area contributed by atoms with Crippen LogP contribution in [-0.2, 0) is 11.3 Å². The number of rotatable bonds is 7. The third-order valence-corrected chi connectivity index (χ3v) is 5.39. The quantitative estimate of drug-likeness (QED) is 0.343. The highest BCUT2D eigenvalue weighted by Crippen LogP contribution is 2.27. The molecule has 0 bridgehead atoms. The van der Waals surface area contributed by atoms with Crippen LogP contribution in [0.5, 0.6) is 6.01 Å². The number of nitrogens with one attached hydrogen (secondary N) is 2. The number of anilines is 1. The lowest BCUT2D eigenvalue weighted by Crippen LogP contribution is -2.15. The topological polar surface area (TPSA) is 106 Å². The Morgan fingerprint density at radius 1 is 1.18 bits per heavy atom. The molecule has 10 heteroatoms. The Labute approximate surface area is 204 Å². The fourth-order valence-electron chi connectivity index (χ4n) is 3.14. The first-order chi connectivity index (χ1) is 16.3. The van der Waals surface area contributed by atoms with Crippen molar-refractivity contribution in [2.75, 3.05) is 12.4 Å². The molecule has 2 aromatic heterocycles. The molecular formula is C24H18Cl2N4O4. The molecule has 0 aliphatic heterocycles. The van der Waals surface area contributed by atoms with E-state index >= 15 is 0 Å². The number of benzene rings is 2. The number of fused-ring (bicyclic) bond motifs is 1. The molecule has 34 heavy (non-hydrogen) atoms. The summed E-state index contributed by atoms with van der Waals surface area (Å²) in [6, 6.07) is 13.4. The van der Waals surface area contributed by atoms with Crippen LogP contribution in [0.1, 0.15) is 21.5 Å². The highest BCUT2D eigenvalue weighted by Gasteiger charge is 2.14. The van der Waals surface area contributed by atoms with Crippen molar-refractivity contribution < 1.29 is 14.3 Å². The maximum atomic E-state index is 12.6. The average Bonchev–Trinajstić information content (AvgIpc) is 2.83. The van der Waals surface area contributed by atoms with E-state index in [1.54, 1.807) is 42.5 Å². The first-order valence-corrected chi connectivity index (χ1v) is 10.7. The lowest BCUT2D eigenvalue weighted by molar-refractivity contribution is 0.0473. The number of esters is 1. The molecule has 8 nitrogen and oxygen atoms in total. The third kappa shape index (κ3) is 5.19. The minimum atomic E-state index is -0.542. The molecule has 2 N–H and O–H groups in total. The molecule has 0 aliphatic rings. The Kier molecular flexibility index (Phi) is 6.81. The summed E-state index contributed by atoms with van der Waals surface area (Å²) >= 11 is 12.3. The summed E-state index contributed by atoms with van der Waals surface area (Å²) in [4.78, 5) is 36.0. The summed E-state index contributed by atoms with van der Waals surface area (Å²) in [6.45, 7) is 4.00. The van der Waals surface area contributed by atoms with Gasteiger partial charge in [-0.1, -0.05) is 41.9 Å². The zero-order valence-electron chi connectivity index (χ0n) is 17.9. The number of carbonyl (C=O) groups excluding carboxylic acids is 1. The summed E-state index contributed by atoms with van der Waals surface area (Å²) in [7, 11) is 1.43. The van der Waals surface area contributed by atoms with E-state index in [2.05, 4.69) is 26.8 Å². The Morgan fingerprint density at radius 3 is 2.76 bits per heavy atom. The number of methoxy groups -OCH3 is 1. The maximum Gasteiger partial charge on any atom is 0.338 e. The standard InChI is InChI=1S/C24H18Cl2N4O4/c1-13(18-9-16-11-27-24(33-2)30-21(16)29-22(18)31)28-20-10-15(6-7-19(20)26)23(32)34-12-14-4-3-5-17(25)8-14/h3-11,28H,1,12H2,2H3,(H,27,29,30,31). The third-order valence-electron chi connectivity index (χ3n) is 4.83. The van der Waals surface area contributed by atoms with E-state index in [4.69, 9.17) is 32.7 Å². The predicted molar refractivity (Wildman–Crippen MR) is 131 cm³/mol. The van der Waals surface area contributed by atoms with Gasteiger partial charge in [0.05, 0.1) is 28.9 Å². The van der Waals surface area contributed by atoms with Gasteiger partial charge in [-0.25, -0.2) is 9.78 Å². The zero-order chi connectivity index (χ0) is 24.2. The molecule has 0 unspecified atom stereocenters. The van der Waals surface area contributed by atoms with E-state index in [9.17, 15) is 9.59 Å². The van der Waals surface area contributed by atoms with Crippen LogP contribution in [0.25, 0.3) is 16.7 Å². The molecule has 0 saturated carbocycles. The largest absolute Gasteiger partial charge is 0.467 e. The Bertz CT molecular complexity index is 1470. The summed E-state index contributed by atoms with van der Waals surface area (Å²) in [5.74, 6) is -0.542. The molecule has 4 aromatic rings. The van der Waals surface area contributed by atoms with Crippen LogP contribution in [0.15, 0.2) is 66.1 Å². The van der Waals surface area contributed by atoms with Gasteiger partial charge in [0.15, 0.2) is 0 Å². The molecule has 4 rings (SSSR count). The molecule has 2 aromatic carbocycles. The monoisotopic (exact) mass is 496 g/mol. The maximum absolute atomic E-state index is 12.6. The number of H-pyrrole nitrogens is 1. The number of carbonyl (C=O) groups is 1. The summed E-state index contributed by atoms with van der Waals surface area (Å²) in [5.41, 5.74) is 1.86. The predicted octanol–water partition coefficient (Wildman–Crippen LogP) is 5.07. The van der Waals surface area contributed by atoms with Crippen LogP contribution >= 0.6 is 23.2 Å². The lowest BCUT2D eigenvalue weighted by Gasteiger charge is -2.13. The van der Waals surface area contributed by atoms with E-state index in [0.29, 0.717) is 26.8 Å². The normalized spacial score (nSPS) is 10.7. The second kappa shape index (κ2) is 9.94. The van der Waals surface area contributed by atoms with E-state index < -0.39 is 11.5 Å². The number of aromatic amines is 1. The van der Waals surface area contributed by atoms with E-state index in [1.165, 1.54) is 19.4 Å². The van der Waals surface area contributed by atoms with E-state index in [0.717, 1.165) is 5.56 Å². The molecule has 0 fully saturated rings. The van der Waals surface area contributed by atoms with Gasteiger partial charge in [-0.3, -0.25) is 4.79 Å². The zero-order valence-corrected chi connectivity index (χ0v) is 19.4. The van der Waals surface area contributed by atoms with Gasteiger partial charge < -0.3 is 19.8 Å². The second-order valence-corrected chi connectivity index (χ2v) is 8.02. The lowest BCUT2D eigenvalue weighted by atomic mass is 10.1. The second-order valence-electron chi connectivity index (χ2n) is 7.18. The van der Waals surface area contributed by atoms with Gasteiger partial charge in [-0.05, 0) is 42.0 Å². The van der Waals surface area contributed by atoms with Gasteiger partial charge in [-0.15, -0.1) is 0 Å². The van der Waals surface area contributed by atoms with Crippen molar-refractivity contribution in [3.8, 4) is 6.01 Å². The molecule has 0 atom stereocenters. The van der Waals surface area contributed by atoms with Gasteiger partial charge in [0.2, 0.25) is 0 Å². The fraction of sp³-hybridized carbons (Fsp3) is 0.0833. The Morgan fingerprint density at radius 2 is 2.00 bits per heavy atom. The summed E-state index contributed by atoms with van der Waals surface area (Å²) in [5, 5.41) is 4.47. The van der Waals surface area contributed by atoms with Crippen molar-refractivity contribution in [3.63, 3.8) is 0 Å². The van der Waals surface area contributed by atoms with Crippen molar-refractivity contribution in [1.29, 1.82) is 0 Å². The Balaban J connectivity index is 1.53. The molecule has 172 valence electrons. The fourth-order valence-corrected chi connectivity index (χ4v) is 3.51. The minimum absolute atomic E-state index is 0.0663. The SMILES string of the molecule is C=C(Nc1cc(C(=O)OCc2cccc(Cl)c2)ccc1Cl)c1cc2cnc(OC)nc2[nH]c1=O. The van der Waals surface area contributed by atoms with E-state index in [1.807, 2.05) is 0 Å². The highest BCUT2D eigenvalue weighted by molar-refractivity contribution is 6.33. The molecular weight excluding hydrogens is 479 g/mol. The van der Waals surface area contributed by atoms with E-state index in [-0.39, 0.29) is 29.4 Å². The summed E-state index contributed by atoms with van der Waals surface area (Å²) < 4.78 is 10.3. The molecule has 0 saturated heterocycles. The molecule has 0 amide bonds. The number of hydrogen-bond acceptors (Lipinski definition) is 7. The number of aromatic nitrogens is 3. The minimum Gasteiger partial charge on any atom is -0.467 e. The number of pyridine rings is 1. The van der Waals surface area contributed by atoms with Crippen molar-refractivity contribution >= 4 is 51.6 Å². The number of ether oxygens (including phenoxy) is 2. The van der Waals surface area contributed by atoms with Crippen molar-refractivity contribution in [2.45, 2.75) is 6.61 Å². The van der Waals surface area contributed by atoms with Crippen molar-refractivity contribution in [2.24, 2.45) is 0 Å². The van der Waals surface area contributed by atoms with Gasteiger partial charge in [0.1, 0.15) is 12.3 Å². The van der Waals surface area contributed by atoms with Gasteiger partial charge in [-0.2, -0.15) is 4.98 Å². The van der Waals surface area contributed by atoms with Gasteiger partial charge in [0.25, 0.3) is 5.56 Å². The first-order valence-electron chi connectivity index (χ1n) is 9.95. The first kappa shape index (κ1) is 23.3. The highest BCUT2D eigenvalue weighted by atomic mass is 35.5. The van der Waals surface area contributed by atoms with Gasteiger partial charge in [0, 0.05) is 22.3 Å². The van der Waals surface area contributed by atoms with Crippen LogP contribution in [0.2, 0.25) is 10.0 Å². The van der Waals surface area contributed by atoms with Gasteiger partial charge >= 0.3 is 12.0 Å². The smallest absolute Gasteiger partial charge is 0.338 e. The van der Waals surface area contributed by atoms with Crippen molar-refractivity contribution in [1.82, 2.24) is 15.0 Å². The van der Waals surface area contributed by atoms with Crippen LogP contribution < -0.4 is 15.6 Å². The van der Waals surface area contributed by atoms with Crippen LogP contribution in [0, 0.1) is 0 Å². The average molecular weight is 497 g/mol. The number of nitrogens with zero attached hydrogens (tertiary/aromatic N) is 2. The Hall–Kier alpha value is -3.88. The van der Waals surface area contributed by atoms with Crippen molar-refractivity contribution in [3.05, 3.63) is 98.4 Å². The van der Waals surface area contributed by atoms with Crippen LogP contribution in [0.4, 0.5) is 5.69 Å². The number of halogens is 2. The molecule has 2 heterocycles. The number of hydrogen-bond donors (Lipinski definition) is 2. The molecule has 0 aliphatic carbocycles.